The number of hydrogen-bond donors (Lipinski definition) is 1. The van der Waals surface area contributed by atoms with Crippen LogP contribution in [0.3, 0.4) is 0 Å². The summed E-state index contributed by atoms with van der Waals surface area (Å²) in [4.78, 5) is 11.3. The zero-order valence-corrected chi connectivity index (χ0v) is 7.56. The summed E-state index contributed by atoms with van der Waals surface area (Å²) in [5.41, 5.74) is 0. The predicted molar refractivity (Wildman–Crippen MR) is 44.5 cm³/mol. The number of carbonyl (C=O) groups excluding carboxylic acids is 1. The number of nitrogens with zero attached hydrogens (tertiary/aromatic N) is 1. The van der Waals surface area contributed by atoms with Crippen molar-refractivity contribution < 1.29 is 14.6 Å². The number of ether oxygens (including phenoxy) is 1. The van der Waals surface area contributed by atoms with Gasteiger partial charge in [0.1, 0.15) is 6.07 Å². The number of carbonyl (C=O) groups is 1. The molecule has 0 heterocycles. The van der Waals surface area contributed by atoms with Gasteiger partial charge in [0.2, 0.25) is 0 Å². The minimum Gasteiger partial charge on any atom is -0.447 e. The molecule has 0 aliphatic heterocycles. The third-order valence-corrected chi connectivity index (χ3v) is 2.21. The summed E-state index contributed by atoms with van der Waals surface area (Å²) < 4.78 is 4.82. The molecular weight excluding hydrogens is 170 g/mol. The van der Waals surface area contributed by atoms with E-state index in [9.17, 15) is 4.79 Å². The van der Waals surface area contributed by atoms with Crippen molar-refractivity contribution >= 4 is 5.97 Å². The largest absolute Gasteiger partial charge is 0.447 e. The second-order valence-corrected chi connectivity index (χ2v) is 3.37. The van der Waals surface area contributed by atoms with Gasteiger partial charge in [0.25, 0.3) is 0 Å². The lowest BCUT2D eigenvalue weighted by molar-refractivity contribution is -0.150. The van der Waals surface area contributed by atoms with Crippen molar-refractivity contribution in [2.75, 3.05) is 0 Å². The number of nitriles is 1. The fourth-order valence-electron chi connectivity index (χ4n) is 1.47. The van der Waals surface area contributed by atoms with Crippen molar-refractivity contribution in [2.45, 2.75) is 38.4 Å². The van der Waals surface area contributed by atoms with Crippen LogP contribution in [0.25, 0.3) is 0 Å². The Kier molecular flexibility index (Phi) is 3.26. The maximum atomic E-state index is 11.3. The Morgan fingerprint density at radius 3 is 2.85 bits per heavy atom. The van der Waals surface area contributed by atoms with Gasteiger partial charge in [0, 0.05) is 0 Å². The van der Waals surface area contributed by atoms with Gasteiger partial charge in [-0.05, 0) is 26.2 Å². The van der Waals surface area contributed by atoms with E-state index >= 15 is 0 Å². The standard InChI is InChI=1S/C9H13NO3/c1-6(5-10)13-9(12)7-2-3-8(11)4-7/h6-8,11H,2-4H2,1H3/t6?,7-,8-/m1/s1. The van der Waals surface area contributed by atoms with E-state index in [0.717, 1.165) is 0 Å². The minimum absolute atomic E-state index is 0.217. The molecule has 1 saturated carbocycles. The van der Waals surface area contributed by atoms with Gasteiger partial charge in [0.05, 0.1) is 12.0 Å². The summed E-state index contributed by atoms with van der Waals surface area (Å²) in [6, 6.07) is 1.82. The quantitative estimate of drug-likeness (QED) is 0.636. The Morgan fingerprint density at radius 2 is 2.38 bits per heavy atom. The number of rotatable bonds is 2. The van der Waals surface area contributed by atoms with Gasteiger partial charge >= 0.3 is 5.97 Å². The fourth-order valence-corrected chi connectivity index (χ4v) is 1.47. The lowest BCUT2D eigenvalue weighted by atomic mass is 10.1. The van der Waals surface area contributed by atoms with Gasteiger partial charge in [-0.15, -0.1) is 0 Å². The zero-order valence-electron chi connectivity index (χ0n) is 7.56. The van der Waals surface area contributed by atoms with E-state index < -0.39 is 6.10 Å². The van der Waals surface area contributed by atoms with Crippen LogP contribution in [0.4, 0.5) is 0 Å². The molecule has 1 rings (SSSR count). The molecule has 0 radical (unpaired) electrons. The van der Waals surface area contributed by atoms with Crippen molar-refractivity contribution in [2.24, 2.45) is 5.92 Å². The van der Waals surface area contributed by atoms with Crippen molar-refractivity contribution in [3.05, 3.63) is 0 Å². The van der Waals surface area contributed by atoms with Gasteiger partial charge in [0.15, 0.2) is 6.10 Å². The first-order valence-electron chi connectivity index (χ1n) is 4.41. The highest BCUT2D eigenvalue weighted by atomic mass is 16.5. The molecule has 0 spiro atoms. The maximum absolute atomic E-state index is 11.3. The van der Waals surface area contributed by atoms with E-state index in [4.69, 9.17) is 15.1 Å². The SMILES string of the molecule is CC(C#N)OC(=O)[C@@H]1CC[C@@H](O)C1. The fraction of sp³-hybridized carbons (Fsp3) is 0.778. The molecule has 0 amide bonds. The van der Waals surface area contributed by atoms with Crippen LogP contribution in [0.5, 0.6) is 0 Å². The highest BCUT2D eigenvalue weighted by molar-refractivity contribution is 5.73. The van der Waals surface area contributed by atoms with Gasteiger partial charge in [-0.3, -0.25) is 4.79 Å². The molecule has 13 heavy (non-hydrogen) atoms. The van der Waals surface area contributed by atoms with E-state index in [-0.39, 0.29) is 18.0 Å². The number of hydrogen-bond acceptors (Lipinski definition) is 4. The minimum atomic E-state index is -0.690. The van der Waals surface area contributed by atoms with Gasteiger partial charge < -0.3 is 9.84 Å². The number of esters is 1. The average Bonchev–Trinajstić information content (AvgIpc) is 2.51. The first-order valence-corrected chi connectivity index (χ1v) is 4.41. The average molecular weight is 183 g/mol. The van der Waals surface area contributed by atoms with Gasteiger partial charge in [-0.1, -0.05) is 0 Å². The Labute approximate surface area is 77.1 Å². The lowest BCUT2D eigenvalue weighted by Gasteiger charge is -2.10. The molecule has 4 heteroatoms. The summed E-state index contributed by atoms with van der Waals surface area (Å²) in [6.07, 6.45) is 0.718. The first-order chi connectivity index (χ1) is 6.13. The van der Waals surface area contributed by atoms with Crippen LogP contribution in [0.1, 0.15) is 26.2 Å². The van der Waals surface area contributed by atoms with E-state index in [1.54, 1.807) is 0 Å². The molecule has 1 aliphatic carbocycles. The van der Waals surface area contributed by atoms with Crippen molar-refractivity contribution in [1.82, 2.24) is 0 Å². The van der Waals surface area contributed by atoms with E-state index in [1.165, 1.54) is 6.92 Å². The monoisotopic (exact) mass is 183 g/mol. The van der Waals surface area contributed by atoms with Gasteiger partial charge in [-0.25, -0.2) is 0 Å². The highest BCUT2D eigenvalue weighted by Gasteiger charge is 2.30. The topological polar surface area (TPSA) is 70.3 Å². The molecule has 0 saturated heterocycles. The van der Waals surface area contributed by atoms with E-state index in [2.05, 4.69) is 0 Å². The van der Waals surface area contributed by atoms with Crippen LogP contribution < -0.4 is 0 Å². The van der Waals surface area contributed by atoms with Crippen molar-refractivity contribution in [3.63, 3.8) is 0 Å². The summed E-state index contributed by atoms with van der Waals surface area (Å²) in [6.45, 7) is 1.53. The Bertz CT molecular complexity index is 234. The summed E-state index contributed by atoms with van der Waals surface area (Å²) in [7, 11) is 0. The van der Waals surface area contributed by atoms with Gasteiger partial charge in [-0.2, -0.15) is 5.26 Å². The van der Waals surface area contributed by atoms with Crippen LogP contribution in [0.2, 0.25) is 0 Å². The molecule has 0 aromatic heterocycles. The molecule has 1 aliphatic rings. The Hall–Kier alpha value is -1.08. The van der Waals surface area contributed by atoms with Crippen LogP contribution in [0, 0.1) is 17.2 Å². The van der Waals surface area contributed by atoms with Crippen molar-refractivity contribution in [3.8, 4) is 6.07 Å². The summed E-state index contributed by atoms with van der Waals surface area (Å²) in [5, 5.41) is 17.6. The molecular formula is C9H13NO3. The van der Waals surface area contributed by atoms with Crippen molar-refractivity contribution in [1.29, 1.82) is 5.26 Å². The molecule has 0 aromatic rings. The Morgan fingerprint density at radius 1 is 1.69 bits per heavy atom. The maximum Gasteiger partial charge on any atom is 0.310 e. The molecule has 4 nitrogen and oxygen atoms in total. The lowest BCUT2D eigenvalue weighted by Crippen LogP contribution is -2.20. The molecule has 3 atom stereocenters. The van der Waals surface area contributed by atoms with E-state index in [0.29, 0.717) is 19.3 Å². The number of aliphatic hydroxyl groups excluding tert-OH is 1. The normalized spacial score (nSPS) is 29.3. The molecule has 1 fully saturated rings. The predicted octanol–water partition coefficient (Wildman–Crippen LogP) is 0.603. The molecule has 1 N–H and O–H groups in total. The first kappa shape index (κ1) is 10.0. The third-order valence-electron chi connectivity index (χ3n) is 2.21. The smallest absolute Gasteiger partial charge is 0.310 e. The third kappa shape index (κ3) is 2.71. The second kappa shape index (κ2) is 4.24. The summed E-state index contributed by atoms with van der Waals surface area (Å²) in [5.74, 6) is -0.573. The summed E-state index contributed by atoms with van der Waals surface area (Å²) >= 11 is 0. The van der Waals surface area contributed by atoms with E-state index in [1.807, 2.05) is 6.07 Å². The van der Waals surface area contributed by atoms with Crippen LogP contribution in [0.15, 0.2) is 0 Å². The van der Waals surface area contributed by atoms with Crippen LogP contribution in [-0.2, 0) is 9.53 Å². The molecule has 72 valence electrons. The molecule has 0 aromatic carbocycles. The highest BCUT2D eigenvalue weighted by Crippen LogP contribution is 2.26. The number of aliphatic hydroxyl groups is 1. The second-order valence-electron chi connectivity index (χ2n) is 3.37. The Balaban J connectivity index is 2.37. The van der Waals surface area contributed by atoms with Crippen LogP contribution in [-0.4, -0.2) is 23.3 Å². The molecule has 0 bridgehead atoms. The molecule has 1 unspecified atom stereocenters. The van der Waals surface area contributed by atoms with Crippen LogP contribution >= 0.6 is 0 Å². The zero-order chi connectivity index (χ0) is 9.84.